The molecule has 0 bridgehead atoms. The second-order valence-corrected chi connectivity index (χ2v) is 4.25. The van der Waals surface area contributed by atoms with E-state index in [1.807, 2.05) is 38.1 Å². The van der Waals surface area contributed by atoms with Gasteiger partial charge in [-0.15, -0.1) is 0 Å². The third-order valence-corrected chi connectivity index (χ3v) is 2.64. The molecule has 2 rings (SSSR count). The van der Waals surface area contributed by atoms with Crippen molar-refractivity contribution in [3.8, 4) is 11.1 Å². The van der Waals surface area contributed by atoms with E-state index in [0.717, 1.165) is 22.6 Å². The van der Waals surface area contributed by atoms with Crippen LogP contribution < -0.4 is 5.32 Å². The second kappa shape index (κ2) is 4.45. The molecule has 0 aliphatic rings. The molecule has 0 aliphatic heterocycles. The molecule has 2 N–H and O–H groups in total. The third-order valence-electron chi connectivity index (χ3n) is 2.64. The Morgan fingerprint density at radius 1 is 1.24 bits per heavy atom. The minimum atomic E-state index is -0.0517. The first-order chi connectivity index (χ1) is 8.06. The number of anilines is 1. The van der Waals surface area contributed by atoms with Gasteiger partial charge in [-0.2, -0.15) is 0 Å². The number of hydrogen-bond acceptors (Lipinski definition) is 1. The third kappa shape index (κ3) is 2.56. The van der Waals surface area contributed by atoms with Crippen molar-refractivity contribution in [1.29, 1.82) is 0 Å². The molecule has 0 unspecified atom stereocenters. The quantitative estimate of drug-likeness (QED) is 0.814. The Bertz CT molecular complexity index is 555. The van der Waals surface area contributed by atoms with E-state index in [4.69, 9.17) is 0 Å². The zero-order chi connectivity index (χ0) is 12.4. The molecule has 0 spiro atoms. The van der Waals surface area contributed by atoms with Crippen LogP contribution >= 0.6 is 0 Å². The molecule has 0 saturated carbocycles. The molecule has 1 heterocycles. The molecule has 0 radical (unpaired) electrons. The van der Waals surface area contributed by atoms with Gasteiger partial charge < -0.3 is 10.3 Å². The van der Waals surface area contributed by atoms with E-state index in [-0.39, 0.29) is 5.91 Å². The minimum Gasteiger partial charge on any atom is -0.362 e. The maximum absolute atomic E-state index is 11.0. The summed E-state index contributed by atoms with van der Waals surface area (Å²) in [6.07, 6.45) is 0. The molecule has 3 nitrogen and oxygen atoms in total. The Balaban J connectivity index is 2.39. The molecule has 0 saturated heterocycles. The number of H-pyrrole nitrogens is 1. The molecule has 0 fully saturated rings. The van der Waals surface area contributed by atoms with Crippen molar-refractivity contribution in [2.45, 2.75) is 20.8 Å². The van der Waals surface area contributed by atoms with Crippen LogP contribution in [0.3, 0.4) is 0 Å². The molecular formula is C14H16N2O. The van der Waals surface area contributed by atoms with Gasteiger partial charge in [0.25, 0.3) is 0 Å². The number of carbonyl (C=O) groups is 1. The zero-order valence-corrected chi connectivity index (χ0v) is 10.3. The highest BCUT2D eigenvalue weighted by Crippen LogP contribution is 2.26. The highest BCUT2D eigenvalue weighted by atomic mass is 16.1. The van der Waals surface area contributed by atoms with Crippen LogP contribution in [0.2, 0.25) is 0 Å². The summed E-state index contributed by atoms with van der Waals surface area (Å²) in [5, 5.41) is 2.79. The molecular weight excluding hydrogens is 212 g/mol. The largest absolute Gasteiger partial charge is 0.362 e. The summed E-state index contributed by atoms with van der Waals surface area (Å²) in [6.45, 7) is 5.60. The summed E-state index contributed by atoms with van der Waals surface area (Å²) in [6, 6.07) is 9.97. The van der Waals surface area contributed by atoms with Crippen molar-refractivity contribution >= 4 is 11.6 Å². The maximum Gasteiger partial charge on any atom is 0.221 e. The van der Waals surface area contributed by atoms with Crippen molar-refractivity contribution in [3.05, 3.63) is 41.7 Å². The lowest BCUT2D eigenvalue weighted by Gasteiger charge is -2.05. The lowest BCUT2D eigenvalue weighted by Crippen LogP contribution is -2.05. The highest BCUT2D eigenvalue weighted by Gasteiger charge is 2.05. The summed E-state index contributed by atoms with van der Waals surface area (Å²) >= 11 is 0. The highest BCUT2D eigenvalue weighted by molar-refractivity contribution is 5.89. The van der Waals surface area contributed by atoms with Gasteiger partial charge in [0.05, 0.1) is 0 Å². The van der Waals surface area contributed by atoms with Crippen molar-refractivity contribution < 1.29 is 4.79 Å². The van der Waals surface area contributed by atoms with Crippen LogP contribution in [-0.4, -0.2) is 10.9 Å². The van der Waals surface area contributed by atoms with E-state index < -0.39 is 0 Å². The molecule has 17 heavy (non-hydrogen) atoms. The number of hydrogen-bond donors (Lipinski definition) is 2. The Morgan fingerprint density at radius 2 is 2.00 bits per heavy atom. The van der Waals surface area contributed by atoms with Crippen LogP contribution in [0.5, 0.6) is 0 Å². The summed E-state index contributed by atoms with van der Waals surface area (Å²) in [5.74, 6) is -0.0517. The molecule has 1 amide bonds. The number of benzene rings is 1. The second-order valence-electron chi connectivity index (χ2n) is 4.25. The van der Waals surface area contributed by atoms with Gasteiger partial charge >= 0.3 is 0 Å². The monoisotopic (exact) mass is 228 g/mol. The average molecular weight is 228 g/mol. The predicted molar refractivity (Wildman–Crippen MR) is 70.0 cm³/mol. The fraction of sp³-hybridized carbons (Fsp3) is 0.214. The van der Waals surface area contributed by atoms with E-state index in [9.17, 15) is 4.79 Å². The first kappa shape index (κ1) is 11.5. The molecule has 0 atom stereocenters. The number of aromatic nitrogens is 1. The lowest BCUT2D eigenvalue weighted by atomic mass is 10.1. The molecule has 88 valence electrons. The van der Waals surface area contributed by atoms with Crippen LogP contribution in [0.15, 0.2) is 30.3 Å². The van der Waals surface area contributed by atoms with E-state index in [0.29, 0.717) is 0 Å². The van der Waals surface area contributed by atoms with Crippen molar-refractivity contribution in [2.24, 2.45) is 0 Å². The fourth-order valence-corrected chi connectivity index (χ4v) is 1.99. The minimum absolute atomic E-state index is 0.0517. The molecule has 1 aromatic heterocycles. The average Bonchev–Trinajstić information content (AvgIpc) is 2.57. The SMILES string of the molecule is CC(=O)Nc1cccc(-c2cc(C)[nH]c2C)c1. The number of aryl methyl sites for hydroxylation is 2. The van der Waals surface area contributed by atoms with Gasteiger partial charge in [0.1, 0.15) is 0 Å². The number of carbonyl (C=O) groups excluding carboxylic acids is 1. The smallest absolute Gasteiger partial charge is 0.221 e. The van der Waals surface area contributed by atoms with Gasteiger partial charge in [-0.1, -0.05) is 12.1 Å². The van der Waals surface area contributed by atoms with Gasteiger partial charge in [-0.05, 0) is 37.6 Å². The lowest BCUT2D eigenvalue weighted by molar-refractivity contribution is -0.114. The van der Waals surface area contributed by atoms with E-state index in [1.54, 1.807) is 0 Å². The number of rotatable bonds is 2. The Labute approximate surface area is 101 Å². The maximum atomic E-state index is 11.0. The van der Waals surface area contributed by atoms with Crippen LogP contribution in [0, 0.1) is 13.8 Å². The summed E-state index contributed by atoms with van der Waals surface area (Å²) in [4.78, 5) is 14.3. The van der Waals surface area contributed by atoms with Gasteiger partial charge in [0.15, 0.2) is 0 Å². The molecule has 2 aromatic rings. The van der Waals surface area contributed by atoms with Gasteiger partial charge in [0, 0.05) is 29.6 Å². The number of amides is 1. The van der Waals surface area contributed by atoms with E-state index in [1.165, 1.54) is 12.5 Å². The first-order valence-electron chi connectivity index (χ1n) is 5.60. The fourth-order valence-electron chi connectivity index (χ4n) is 1.99. The van der Waals surface area contributed by atoms with Crippen molar-refractivity contribution in [3.63, 3.8) is 0 Å². The van der Waals surface area contributed by atoms with Crippen LogP contribution in [0.4, 0.5) is 5.69 Å². The Morgan fingerprint density at radius 3 is 2.59 bits per heavy atom. The van der Waals surface area contributed by atoms with Crippen LogP contribution in [0.25, 0.3) is 11.1 Å². The van der Waals surface area contributed by atoms with Gasteiger partial charge in [-0.25, -0.2) is 0 Å². The van der Waals surface area contributed by atoms with E-state index >= 15 is 0 Å². The summed E-state index contributed by atoms with van der Waals surface area (Å²) in [5.41, 5.74) is 5.39. The standard InChI is InChI=1S/C14H16N2O/c1-9-7-14(10(2)15-9)12-5-4-6-13(8-12)16-11(3)17/h4-8,15H,1-3H3,(H,16,17). The first-order valence-corrected chi connectivity index (χ1v) is 5.60. The normalized spacial score (nSPS) is 10.3. The van der Waals surface area contributed by atoms with Crippen molar-refractivity contribution in [1.82, 2.24) is 4.98 Å². The van der Waals surface area contributed by atoms with Crippen LogP contribution in [0.1, 0.15) is 18.3 Å². The predicted octanol–water partition coefficient (Wildman–Crippen LogP) is 3.26. The van der Waals surface area contributed by atoms with Crippen molar-refractivity contribution in [2.75, 3.05) is 5.32 Å². The van der Waals surface area contributed by atoms with E-state index in [2.05, 4.69) is 16.4 Å². The summed E-state index contributed by atoms with van der Waals surface area (Å²) in [7, 11) is 0. The van der Waals surface area contributed by atoms with Crippen LogP contribution in [-0.2, 0) is 4.79 Å². The molecule has 1 aromatic carbocycles. The topological polar surface area (TPSA) is 44.9 Å². The molecule has 0 aliphatic carbocycles. The number of nitrogens with one attached hydrogen (secondary N) is 2. The Hall–Kier alpha value is -2.03. The summed E-state index contributed by atoms with van der Waals surface area (Å²) < 4.78 is 0. The van der Waals surface area contributed by atoms with Gasteiger partial charge in [-0.3, -0.25) is 4.79 Å². The molecule has 3 heteroatoms. The zero-order valence-electron chi connectivity index (χ0n) is 10.3. The van der Waals surface area contributed by atoms with Gasteiger partial charge in [0.2, 0.25) is 5.91 Å². The Kier molecular flexibility index (Phi) is 3.00. The number of aromatic amines is 1.